The Morgan fingerprint density at radius 1 is 1.45 bits per heavy atom. The zero-order valence-corrected chi connectivity index (χ0v) is 12.2. The van der Waals surface area contributed by atoms with Crippen molar-refractivity contribution >= 4 is 17.7 Å². The molecule has 1 aliphatic heterocycles. The van der Waals surface area contributed by atoms with E-state index in [2.05, 4.69) is 10.2 Å². The molecule has 0 N–H and O–H groups in total. The van der Waals surface area contributed by atoms with Gasteiger partial charge in [-0.15, -0.1) is 5.10 Å². The molecule has 1 unspecified atom stereocenters. The van der Waals surface area contributed by atoms with E-state index in [1.807, 2.05) is 0 Å². The van der Waals surface area contributed by atoms with Crippen molar-refractivity contribution in [2.75, 3.05) is 25.6 Å². The number of hydrogen-bond donors (Lipinski definition) is 0. The van der Waals surface area contributed by atoms with Crippen molar-refractivity contribution in [3.8, 4) is 0 Å². The summed E-state index contributed by atoms with van der Waals surface area (Å²) in [6.45, 7) is 3.30. The van der Waals surface area contributed by atoms with Crippen LogP contribution in [-0.2, 0) is 14.2 Å². The van der Waals surface area contributed by atoms with E-state index in [4.69, 9.17) is 18.6 Å². The van der Waals surface area contributed by atoms with Crippen molar-refractivity contribution in [3.05, 3.63) is 5.89 Å². The van der Waals surface area contributed by atoms with Crippen LogP contribution in [0.2, 0.25) is 0 Å². The Bertz CT molecular complexity index is 420. The lowest BCUT2D eigenvalue weighted by Gasteiger charge is -2.22. The summed E-state index contributed by atoms with van der Waals surface area (Å²) in [4.78, 5) is 11.3. The molecule has 1 aliphatic rings. The summed E-state index contributed by atoms with van der Waals surface area (Å²) in [5, 5.41) is 7.72. The van der Waals surface area contributed by atoms with Gasteiger partial charge in [-0.2, -0.15) is 0 Å². The van der Waals surface area contributed by atoms with Crippen LogP contribution in [0.3, 0.4) is 0 Å². The van der Waals surface area contributed by atoms with Crippen molar-refractivity contribution < 1.29 is 23.4 Å². The van der Waals surface area contributed by atoms with Gasteiger partial charge in [-0.25, -0.2) is 4.79 Å². The molecule has 0 aliphatic carbocycles. The van der Waals surface area contributed by atoms with Gasteiger partial charge in [-0.3, -0.25) is 0 Å². The van der Waals surface area contributed by atoms with Gasteiger partial charge in [0.2, 0.25) is 0 Å². The molecular weight excluding hydrogens is 284 g/mol. The van der Waals surface area contributed by atoms with Crippen molar-refractivity contribution in [1.82, 2.24) is 10.2 Å². The SMILES string of the molecule is CCOC(=O)c1nnc(SCCOC2CCCCO2)o1. The minimum absolute atomic E-state index is 0.0953. The summed E-state index contributed by atoms with van der Waals surface area (Å²) >= 11 is 1.34. The summed E-state index contributed by atoms with van der Waals surface area (Å²) < 4.78 is 21.0. The van der Waals surface area contributed by atoms with E-state index in [1.54, 1.807) is 6.92 Å². The second-order valence-electron chi connectivity index (χ2n) is 4.11. The highest BCUT2D eigenvalue weighted by molar-refractivity contribution is 7.99. The molecule has 2 rings (SSSR count). The number of esters is 1. The first-order valence-corrected chi connectivity index (χ1v) is 7.64. The fraction of sp³-hybridized carbons (Fsp3) is 0.750. The summed E-state index contributed by atoms with van der Waals surface area (Å²) in [6, 6.07) is 0. The van der Waals surface area contributed by atoms with Crippen LogP contribution in [0, 0.1) is 0 Å². The average molecular weight is 302 g/mol. The third-order valence-corrected chi connectivity index (χ3v) is 3.39. The van der Waals surface area contributed by atoms with Crippen molar-refractivity contribution in [2.45, 2.75) is 37.7 Å². The molecule has 2 heterocycles. The number of carbonyl (C=O) groups is 1. The Hall–Kier alpha value is -1.12. The first kappa shape index (κ1) is 15.3. The third kappa shape index (κ3) is 4.77. The molecule has 1 aromatic heterocycles. The van der Waals surface area contributed by atoms with E-state index in [-0.39, 0.29) is 18.8 Å². The number of hydrogen-bond acceptors (Lipinski definition) is 8. The molecule has 1 atom stereocenters. The normalized spacial score (nSPS) is 18.9. The highest BCUT2D eigenvalue weighted by Gasteiger charge is 2.17. The van der Waals surface area contributed by atoms with E-state index in [9.17, 15) is 4.79 Å². The fourth-order valence-electron chi connectivity index (χ4n) is 1.69. The van der Waals surface area contributed by atoms with E-state index >= 15 is 0 Å². The van der Waals surface area contributed by atoms with Crippen LogP contribution in [-0.4, -0.2) is 48.0 Å². The lowest BCUT2D eigenvalue weighted by Crippen LogP contribution is -2.23. The Labute approximate surface area is 121 Å². The van der Waals surface area contributed by atoms with E-state index in [0.717, 1.165) is 25.9 Å². The molecule has 7 nitrogen and oxygen atoms in total. The summed E-state index contributed by atoms with van der Waals surface area (Å²) in [7, 11) is 0. The third-order valence-electron chi connectivity index (χ3n) is 2.61. The first-order valence-electron chi connectivity index (χ1n) is 6.66. The van der Waals surface area contributed by atoms with Crippen LogP contribution >= 0.6 is 11.8 Å². The van der Waals surface area contributed by atoms with E-state index in [1.165, 1.54) is 11.8 Å². The molecule has 0 amide bonds. The van der Waals surface area contributed by atoms with Crippen LogP contribution in [0.5, 0.6) is 0 Å². The number of aromatic nitrogens is 2. The maximum Gasteiger partial charge on any atom is 0.396 e. The number of thioether (sulfide) groups is 1. The minimum atomic E-state index is -0.598. The van der Waals surface area contributed by atoms with Crippen molar-refractivity contribution in [3.63, 3.8) is 0 Å². The lowest BCUT2D eigenvalue weighted by atomic mass is 10.2. The smallest absolute Gasteiger partial charge is 0.396 e. The van der Waals surface area contributed by atoms with Gasteiger partial charge in [0.25, 0.3) is 5.22 Å². The number of carbonyl (C=O) groups excluding carboxylic acids is 1. The topological polar surface area (TPSA) is 83.7 Å². The summed E-state index contributed by atoms with van der Waals surface area (Å²) in [5.41, 5.74) is 0. The van der Waals surface area contributed by atoms with Crippen LogP contribution in [0.4, 0.5) is 0 Å². The molecule has 20 heavy (non-hydrogen) atoms. The highest BCUT2D eigenvalue weighted by Crippen LogP contribution is 2.18. The lowest BCUT2D eigenvalue weighted by molar-refractivity contribution is -0.158. The molecule has 1 saturated heterocycles. The molecule has 112 valence electrons. The average Bonchev–Trinajstić information content (AvgIpc) is 2.94. The van der Waals surface area contributed by atoms with Gasteiger partial charge in [0.1, 0.15) is 0 Å². The molecule has 1 fully saturated rings. The van der Waals surface area contributed by atoms with Gasteiger partial charge in [0.05, 0.1) is 13.2 Å². The largest absolute Gasteiger partial charge is 0.459 e. The Kier molecular flexibility index (Phi) is 6.28. The number of rotatable bonds is 7. The van der Waals surface area contributed by atoms with Gasteiger partial charge in [-0.05, 0) is 26.2 Å². The van der Waals surface area contributed by atoms with E-state index < -0.39 is 5.97 Å². The zero-order chi connectivity index (χ0) is 14.2. The highest BCUT2D eigenvalue weighted by atomic mass is 32.2. The van der Waals surface area contributed by atoms with Crippen molar-refractivity contribution in [2.24, 2.45) is 0 Å². The fourth-order valence-corrected chi connectivity index (χ4v) is 2.29. The maximum absolute atomic E-state index is 11.3. The standard InChI is InChI=1S/C12H18N2O5S/c1-2-16-11(15)10-13-14-12(19-10)20-8-7-18-9-5-3-4-6-17-9/h9H,2-8H2,1H3. The van der Waals surface area contributed by atoms with Gasteiger partial charge >= 0.3 is 11.9 Å². The minimum Gasteiger partial charge on any atom is -0.459 e. The van der Waals surface area contributed by atoms with Crippen LogP contribution < -0.4 is 0 Å². The number of nitrogens with zero attached hydrogens (tertiary/aromatic N) is 2. The van der Waals surface area contributed by atoms with Gasteiger partial charge < -0.3 is 18.6 Å². The zero-order valence-electron chi connectivity index (χ0n) is 11.4. The molecule has 1 aromatic rings. The van der Waals surface area contributed by atoms with Gasteiger partial charge in [0, 0.05) is 12.4 Å². The van der Waals surface area contributed by atoms with Gasteiger partial charge in [0.15, 0.2) is 6.29 Å². The number of ether oxygens (including phenoxy) is 3. The molecular formula is C12H18N2O5S. The molecule has 0 bridgehead atoms. The van der Waals surface area contributed by atoms with E-state index in [0.29, 0.717) is 17.6 Å². The quantitative estimate of drug-likeness (QED) is 0.429. The summed E-state index contributed by atoms with van der Waals surface area (Å²) in [5.74, 6) is -0.0609. The van der Waals surface area contributed by atoms with Crippen LogP contribution in [0.15, 0.2) is 9.64 Å². The Balaban J connectivity index is 1.65. The Morgan fingerprint density at radius 2 is 2.35 bits per heavy atom. The van der Waals surface area contributed by atoms with Crippen LogP contribution in [0.1, 0.15) is 36.9 Å². The predicted octanol–water partition coefficient (Wildman–Crippen LogP) is 1.88. The molecule has 0 radical (unpaired) electrons. The molecule has 8 heteroatoms. The second-order valence-corrected chi connectivity index (χ2v) is 5.16. The first-order chi connectivity index (χ1) is 9.79. The molecule has 0 spiro atoms. The second kappa shape index (κ2) is 8.23. The molecule has 0 aromatic carbocycles. The Morgan fingerprint density at radius 3 is 3.10 bits per heavy atom. The van der Waals surface area contributed by atoms with Crippen LogP contribution in [0.25, 0.3) is 0 Å². The monoisotopic (exact) mass is 302 g/mol. The predicted molar refractivity (Wildman–Crippen MR) is 70.5 cm³/mol. The van der Waals surface area contributed by atoms with Crippen molar-refractivity contribution in [1.29, 1.82) is 0 Å². The maximum atomic E-state index is 11.3. The summed E-state index contributed by atoms with van der Waals surface area (Å²) in [6.07, 6.45) is 3.10. The molecule has 0 saturated carbocycles. The van der Waals surface area contributed by atoms with Gasteiger partial charge in [-0.1, -0.05) is 16.9 Å².